The highest BCUT2D eigenvalue weighted by molar-refractivity contribution is 6.00. The summed E-state index contributed by atoms with van der Waals surface area (Å²) in [6.45, 7) is 14.1. The number of esters is 1. The summed E-state index contributed by atoms with van der Waals surface area (Å²) >= 11 is 0. The van der Waals surface area contributed by atoms with Crippen molar-refractivity contribution < 1.29 is 66.6 Å². The predicted octanol–water partition coefficient (Wildman–Crippen LogP) is 7.16. The standard InChI is InChI=1S/C45H59NO14/c1-10-33-45(8,60-43(51)55-33)38-29(6)35-25(2)22-44(7,59-35)37(27(4)34(47)28(5)39(48)57-38)58-40-36(56-42(50)53-24-31-19-15-12-16-20-31)32(21-26(3)54-40)46(9)41(49)52-23-30-17-13-11-14-18-30/h11-20,25-29,32-33,35-38,40H,10,21-24H2,1-9H3/t25?,26?,27-,28+,29-,32?,33+,35?,36?,37+,38+,40?,44-,45+/m0/s1. The van der Waals surface area contributed by atoms with Gasteiger partial charge in [0.15, 0.2) is 23.8 Å². The van der Waals surface area contributed by atoms with Gasteiger partial charge in [0.05, 0.1) is 30.0 Å². The summed E-state index contributed by atoms with van der Waals surface area (Å²) in [5.41, 5.74) is -1.01. The van der Waals surface area contributed by atoms with Crippen LogP contribution in [0.3, 0.4) is 0 Å². The molecule has 15 nitrogen and oxygen atoms in total. The van der Waals surface area contributed by atoms with Gasteiger partial charge in [0, 0.05) is 18.9 Å². The molecule has 15 heteroatoms. The molecule has 2 bridgehead atoms. The van der Waals surface area contributed by atoms with E-state index in [1.165, 1.54) is 11.8 Å². The summed E-state index contributed by atoms with van der Waals surface area (Å²) in [4.78, 5) is 69.4. The van der Waals surface area contributed by atoms with E-state index in [0.29, 0.717) is 12.8 Å². The van der Waals surface area contributed by atoms with Gasteiger partial charge in [-0.2, -0.15) is 0 Å². The number of carbonyl (C=O) groups excluding carboxylic acids is 5. The number of likely N-dealkylation sites (N-methyl/N-ethyl adjacent to an activating group) is 1. The number of Topliss-reactive ketones (excluding diaryl/α,β-unsaturated/α-hetero) is 1. The molecule has 0 aromatic heterocycles. The summed E-state index contributed by atoms with van der Waals surface area (Å²) in [7, 11) is 1.55. The zero-order valence-electron chi connectivity index (χ0n) is 35.9. The monoisotopic (exact) mass is 837 g/mol. The van der Waals surface area contributed by atoms with Crippen LogP contribution in [0.4, 0.5) is 14.4 Å². The second kappa shape index (κ2) is 18.5. The third-order valence-corrected chi connectivity index (χ3v) is 12.6. The summed E-state index contributed by atoms with van der Waals surface area (Å²) in [6, 6.07) is 17.5. The van der Waals surface area contributed by atoms with Crippen molar-refractivity contribution in [1.82, 2.24) is 4.90 Å². The van der Waals surface area contributed by atoms with Gasteiger partial charge in [-0.3, -0.25) is 9.59 Å². The maximum Gasteiger partial charge on any atom is 0.509 e. The summed E-state index contributed by atoms with van der Waals surface area (Å²) in [6.07, 6.45) is -8.05. The molecule has 4 aliphatic rings. The van der Waals surface area contributed by atoms with Gasteiger partial charge in [0.25, 0.3) is 0 Å². The van der Waals surface area contributed by atoms with Crippen molar-refractivity contribution in [3.8, 4) is 0 Å². The molecule has 0 spiro atoms. The first-order chi connectivity index (χ1) is 28.4. The Morgan fingerprint density at radius 2 is 1.48 bits per heavy atom. The molecule has 0 aliphatic carbocycles. The Labute approximate surface area is 351 Å². The van der Waals surface area contributed by atoms with E-state index in [2.05, 4.69) is 0 Å². The predicted molar refractivity (Wildman–Crippen MR) is 213 cm³/mol. The van der Waals surface area contributed by atoms with E-state index in [9.17, 15) is 24.0 Å². The smallest absolute Gasteiger partial charge is 0.457 e. The number of rotatable bonds is 10. The fourth-order valence-electron chi connectivity index (χ4n) is 9.47. The lowest BCUT2D eigenvalue weighted by Crippen LogP contribution is -2.60. The van der Waals surface area contributed by atoms with Crippen LogP contribution in [0.5, 0.6) is 0 Å². The van der Waals surface area contributed by atoms with Crippen LogP contribution in [-0.2, 0) is 65.4 Å². The molecule has 0 radical (unpaired) electrons. The van der Waals surface area contributed by atoms with Crippen LogP contribution in [0.15, 0.2) is 60.7 Å². The molecular weight excluding hydrogens is 778 g/mol. The third kappa shape index (κ3) is 9.42. The van der Waals surface area contributed by atoms with Gasteiger partial charge >= 0.3 is 24.4 Å². The summed E-state index contributed by atoms with van der Waals surface area (Å²) in [5.74, 6) is -4.24. The number of ether oxygens (including phenoxy) is 9. The van der Waals surface area contributed by atoms with Gasteiger partial charge in [-0.15, -0.1) is 0 Å². The minimum atomic E-state index is -1.36. The maximum absolute atomic E-state index is 14.4. The van der Waals surface area contributed by atoms with Crippen molar-refractivity contribution in [2.75, 3.05) is 7.05 Å². The van der Waals surface area contributed by atoms with Gasteiger partial charge < -0.3 is 47.5 Å². The SMILES string of the molecule is CC[C@H]1OC(=O)O[C@@]1(C)[C@@H]1OC(=O)[C@H](C)C(=O)[C@H](C)[C@@H](OC2OC(C)CC(N(C)C(=O)OCc3ccccc3)C2OC(=O)OCc2ccccc2)[C@]2(C)CC(C)C(O2)[C@@H]1C. The molecule has 6 unspecified atom stereocenters. The van der Waals surface area contributed by atoms with Crippen molar-refractivity contribution in [3.05, 3.63) is 71.8 Å². The number of carbonyl (C=O) groups is 5. The van der Waals surface area contributed by atoms with Crippen LogP contribution < -0.4 is 0 Å². The Hall–Kier alpha value is -4.73. The van der Waals surface area contributed by atoms with Crippen LogP contribution >= 0.6 is 0 Å². The molecule has 328 valence electrons. The number of hydrogen-bond acceptors (Lipinski definition) is 14. The Bertz CT molecular complexity index is 1840. The first-order valence-electron chi connectivity index (χ1n) is 20.9. The Kier molecular flexibility index (Phi) is 13.8. The van der Waals surface area contributed by atoms with Crippen LogP contribution in [0.2, 0.25) is 0 Å². The van der Waals surface area contributed by atoms with E-state index >= 15 is 0 Å². The minimum Gasteiger partial charge on any atom is -0.457 e. The van der Waals surface area contributed by atoms with Crippen LogP contribution in [0.25, 0.3) is 0 Å². The molecule has 0 N–H and O–H groups in total. The first-order valence-corrected chi connectivity index (χ1v) is 20.9. The highest BCUT2D eigenvalue weighted by atomic mass is 16.8. The number of nitrogens with zero attached hydrogens (tertiary/aromatic N) is 1. The summed E-state index contributed by atoms with van der Waals surface area (Å²) in [5, 5.41) is 0. The van der Waals surface area contributed by atoms with Gasteiger partial charge in [0.2, 0.25) is 0 Å². The molecule has 4 fully saturated rings. The van der Waals surface area contributed by atoms with Crippen LogP contribution in [0, 0.1) is 23.7 Å². The van der Waals surface area contributed by atoms with E-state index in [1.807, 2.05) is 76.2 Å². The quantitative estimate of drug-likeness (QED) is 0.134. The second-order valence-electron chi connectivity index (χ2n) is 17.2. The van der Waals surface area contributed by atoms with E-state index in [1.54, 1.807) is 40.0 Å². The first kappa shape index (κ1) is 44.8. The molecule has 4 heterocycles. The molecule has 1 amide bonds. The largest absolute Gasteiger partial charge is 0.509 e. The van der Waals surface area contributed by atoms with E-state index < -0.39 is 108 Å². The molecular formula is C45H59NO14. The fraction of sp³-hybridized carbons (Fsp3) is 0.622. The number of hydrogen-bond donors (Lipinski definition) is 0. The van der Waals surface area contributed by atoms with Crippen molar-refractivity contribution in [2.24, 2.45) is 23.7 Å². The molecule has 2 aromatic rings. The topological polar surface area (TPSA) is 172 Å². The van der Waals surface area contributed by atoms with Gasteiger partial charge in [-0.05, 0) is 64.0 Å². The molecule has 6 rings (SSSR count). The summed E-state index contributed by atoms with van der Waals surface area (Å²) < 4.78 is 55.0. The number of amides is 1. The number of benzene rings is 2. The normalized spacial score (nSPS) is 36.9. The average Bonchev–Trinajstić information content (AvgIpc) is 3.72. The van der Waals surface area contributed by atoms with Crippen LogP contribution in [-0.4, -0.2) is 102 Å². The van der Waals surface area contributed by atoms with Gasteiger partial charge in [-0.1, -0.05) is 88.4 Å². The minimum absolute atomic E-state index is 0.0116. The zero-order valence-corrected chi connectivity index (χ0v) is 35.9. The fourth-order valence-corrected chi connectivity index (χ4v) is 9.47. The molecule has 60 heavy (non-hydrogen) atoms. The second-order valence-corrected chi connectivity index (χ2v) is 17.2. The zero-order chi connectivity index (χ0) is 43.5. The molecule has 0 saturated carbocycles. The van der Waals surface area contributed by atoms with E-state index in [-0.39, 0.29) is 25.6 Å². The van der Waals surface area contributed by atoms with Crippen LogP contribution in [0.1, 0.15) is 85.8 Å². The highest BCUT2D eigenvalue weighted by Gasteiger charge is 2.61. The third-order valence-electron chi connectivity index (χ3n) is 12.6. The maximum atomic E-state index is 14.4. The lowest BCUT2D eigenvalue weighted by Gasteiger charge is -2.46. The van der Waals surface area contributed by atoms with Gasteiger partial charge in [-0.25, -0.2) is 14.4 Å². The molecule has 4 saturated heterocycles. The highest BCUT2D eigenvalue weighted by Crippen LogP contribution is 2.48. The van der Waals surface area contributed by atoms with Crippen molar-refractivity contribution >= 4 is 30.2 Å². The lowest BCUT2D eigenvalue weighted by atomic mass is 9.76. The lowest BCUT2D eigenvalue weighted by molar-refractivity contribution is -0.296. The number of cyclic esters (lactones) is 3. The van der Waals surface area contributed by atoms with Crippen molar-refractivity contribution in [3.63, 3.8) is 0 Å². The molecule has 4 aliphatic heterocycles. The Morgan fingerprint density at radius 1 is 0.867 bits per heavy atom. The van der Waals surface area contributed by atoms with E-state index in [0.717, 1.165) is 11.1 Å². The average molecular weight is 838 g/mol. The molecule has 14 atom stereocenters. The Balaban J connectivity index is 1.32. The Morgan fingerprint density at radius 3 is 2.10 bits per heavy atom. The van der Waals surface area contributed by atoms with Crippen molar-refractivity contribution in [2.45, 2.75) is 148 Å². The number of ketones is 1. The van der Waals surface area contributed by atoms with Crippen molar-refractivity contribution in [1.29, 1.82) is 0 Å². The van der Waals surface area contributed by atoms with E-state index in [4.69, 9.17) is 42.6 Å². The number of fused-ring (bicyclic) bond motifs is 2. The molecule has 2 aromatic carbocycles. The van der Waals surface area contributed by atoms with Gasteiger partial charge in [0.1, 0.15) is 31.3 Å².